The number of hydrogen-bond acceptors (Lipinski definition) is 3. The quantitative estimate of drug-likeness (QED) is 0.460. The van der Waals surface area contributed by atoms with Crippen molar-refractivity contribution in [1.29, 1.82) is 0 Å². The highest BCUT2D eigenvalue weighted by Crippen LogP contribution is 2.36. The van der Waals surface area contributed by atoms with Gasteiger partial charge in [-0.25, -0.2) is 4.98 Å². The van der Waals surface area contributed by atoms with Gasteiger partial charge in [-0.2, -0.15) is 13.2 Å². The van der Waals surface area contributed by atoms with E-state index in [4.69, 9.17) is 17.3 Å². The van der Waals surface area contributed by atoms with Crippen molar-refractivity contribution < 1.29 is 13.2 Å². The average Bonchev–Trinajstić information content (AvgIpc) is 2.70. The Balaban J connectivity index is 1.86. The molecule has 0 unspecified atom stereocenters. The largest absolute Gasteiger partial charge is 0.417 e. The summed E-state index contributed by atoms with van der Waals surface area (Å²) in [5, 5.41) is 2.55. The van der Waals surface area contributed by atoms with Gasteiger partial charge in [0.05, 0.1) is 10.6 Å². The van der Waals surface area contributed by atoms with E-state index in [1.807, 2.05) is 38.1 Å². The van der Waals surface area contributed by atoms with Crippen LogP contribution in [0.4, 0.5) is 24.7 Å². The second kappa shape index (κ2) is 8.75. The maximum Gasteiger partial charge on any atom is 0.417 e. The summed E-state index contributed by atoms with van der Waals surface area (Å²) in [6.45, 7) is 7.73. The molecule has 3 N–H and O–H groups in total. The standard InChI is InChI=1S/C24H19ClF3N3/c1-14-4-6-19(11-18(14)7-5-17-10-15(2)23(29)30-13-17)16(3)31-20-8-9-22(25)21(12-20)24(26,27)28/h4,6,8-13,31H,3H2,1-2H3,(H2,29,30). The van der Waals surface area contributed by atoms with E-state index in [1.54, 1.807) is 6.20 Å². The predicted molar refractivity (Wildman–Crippen MR) is 120 cm³/mol. The average molecular weight is 442 g/mol. The summed E-state index contributed by atoms with van der Waals surface area (Å²) in [6, 6.07) is 11.0. The molecule has 2 aromatic carbocycles. The first kappa shape index (κ1) is 22.3. The van der Waals surface area contributed by atoms with Crippen LogP contribution in [-0.2, 0) is 6.18 Å². The van der Waals surface area contributed by atoms with Gasteiger partial charge in [0, 0.05) is 28.7 Å². The zero-order valence-electron chi connectivity index (χ0n) is 16.9. The smallest absolute Gasteiger partial charge is 0.383 e. The number of nitrogens with one attached hydrogen (secondary N) is 1. The maximum absolute atomic E-state index is 13.1. The Labute approximate surface area is 183 Å². The first-order valence-electron chi connectivity index (χ1n) is 9.22. The third-order valence-corrected chi connectivity index (χ3v) is 4.94. The van der Waals surface area contributed by atoms with Gasteiger partial charge in [-0.15, -0.1) is 0 Å². The van der Waals surface area contributed by atoms with E-state index in [0.29, 0.717) is 17.1 Å². The van der Waals surface area contributed by atoms with Crippen LogP contribution in [0.15, 0.2) is 55.2 Å². The van der Waals surface area contributed by atoms with Crippen LogP contribution >= 0.6 is 11.6 Å². The number of pyridine rings is 1. The third-order valence-electron chi connectivity index (χ3n) is 4.61. The number of nitrogen functional groups attached to an aromatic ring is 1. The van der Waals surface area contributed by atoms with Gasteiger partial charge >= 0.3 is 6.18 Å². The summed E-state index contributed by atoms with van der Waals surface area (Å²) in [5.41, 5.74) is 9.49. The van der Waals surface area contributed by atoms with Gasteiger partial charge in [-0.1, -0.05) is 42.2 Å². The van der Waals surface area contributed by atoms with Crippen LogP contribution in [0.3, 0.4) is 0 Å². The van der Waals surface area contributed by atoms with Crippen molar-refractivity contribution in [3.63, 3.8) is 0 Å². The number of aryl methyl sites for hydroxylation is 2. The molecule has 0 spiro atoms. The predicted octanol–water partition coefficient (Wildman–Crippen LogP) is 6.44. The highest BCUT2D eigenvalue weighted by molar-refractivity contribution is 6.31. The minimum Gasteiger partial charge on any atom is -0.383 e. The molecule has 0 aliphatic rings. The number of hydrogen-bond donors (Lipinski definition) is 2. The van der Waals surface area contributed by atoms with Crippen molar-refractivity contribution in [1.82, 2.24) is 4.98 Å². The number of anilines is 2. The van der Waals surface area contributed by atoms with Crippen LogP contribution in [0.1, 0.15) is 33.4 Å². The molecule has 31 heavy (non-hydrogen) atoms. The van der Waals surface area contributed by atoms with E-state index in [2.05, 4.69) is 28.7 Å². The Kier molecular flexibility index (Phi) is 6.28. The molecule has 0 saturated heterocycles. The lowest BCUT2D eigenvalue weighted by molar-refractivity contribution is -0.137. The Hall–Kier alpha value is -3.43. The SMILES string of the molecule is C=C(Nc1ccc(Cl)c(C(F)(F)F)c1)c1ccc(C)c(C#Cc2cnc(N)c(C)c2)c1. The lowest BCUT2D eigenvalue weighted by Gasteiger charge is -2.14. The molecule has 0 radical (unpaired) electrons. The van der Waals surface area contributed by atoms with Crippen LogP contribution in [-0.4, -0.2) is 4.98 Å². The fraction of sp³-hybridized carbons (Fsp3) is 0.125. The Morgan fingerprint density at radius 3 is 2.48 bits per heavy atom. The number of rotatable bonds is 3. The third kappa shape index (κ3) is 5.39. The first-order chi connectivity index (χ1) is 14.5. The second-order valence-corrected chi connectivity index (χ2v) is 7.41. The van der Waals surface area contributed by atoms with Crippen molar-refractivity contribution in [2.75, 3.05) is 11.1 Å². The molecule has 0 saturated carbocycles. The van der Waals surface area contributed by atoms with E-state index >= 15 is 0 Å². The van der Waals surface area contributed by atoms with E-state index in [9.17, 15) is 13.2 Å². The van der Waals surface area contributed by atoms with Gasteiger partial charge < -0.3 is 11.1 Å². The van der Waals surface area contributed by atoms with Crippen molar-refractivity contribution in [3.8, 4) is 11.8 Å². The van der Waals surface area contributed by atoms with Gasteiger partial charge in [0.25, 0.3) is 0 Å². The van der Waals surface area contributed by atoms with Gasteiger partial charge in [-0.3, -0.25) is 0 Å². The maximum atomic E-state index is 13.1. The van der Waals surface area contributed by atoms with Gasteiger partial charge in [-0.05, 0) is 60.9 Å². The number of nitrogens with zero attached hydrogens (tertiary/aromatic N) is 1. The summed E-state index contributed by atoms with van der Waals surface area (Å²) in [4.78, 5) is 4.10. The van der Waals surface area contributed by atoms with E-state index in [-0.39, 0.29) is 10.7 Å². The molecular weight excluding hydrogens is 423 g/mol. The number of benzene rings is 2. The Morgan fingerprint density at radius 1 is 1.06 bits per heavy atom. The number of aromatic nitrogens is 1. The molecule has 0 atom stereocenters. The molecule has 0 amide bonds. The van der Waals surface area contributed by atoms with E-state index < -0.39 is 11.7 Å². The second-order valence-electron chi connectivity index (χ2n) is 7.00. The summed E-state index contributed by atoms with van der Waals surface area (Å²) >= 11 is 5.68. The lowest BCUT2D eigenvalue weighted by atomic mass is 10.0. The molecule has 3 rings (SSSR count). The van der Waals surface area contributed by atoms with Gasteiger partial charge in [0.15, 0.2) is 0 Å². The number of halogens is 4. The van der Waals surface area contributed by atoms with Gasteiger partial charge in [0.1, 0.15) is 5.82 Å². The van der Waals surface area contributed by atoms with Crippen molar-refractivity contribution >= 4 is 28.8 Å². The molecule has 1 aromatic heterocycles. The molecule has 3 nitrogen and oxygen atoms in total. The van der Waals surface area contributed by atoms with Gasteiger partial charge in [0.2, 0.25) is 0 Å². The zero-order valence-corrected chi connectivity index (χ0v) is 17.6. The monoisotopic (exact) mass is 441 g/mol. The van der Waals surface area contributed by atoms with E-state index in [0.717, 1.165) is 28.3 Å². The normalized spacial score (nSPS) is 10.9. The highest BCUT2D eigenvalue weighted by atomic mass is 35.5. The van der Waals surface area contributed by atoms with Crippen LogP contribution in [0.25, 0.3) is 5.70 Å². The summed E-state index contributed by atoms with van der Waals surface area (Å²) in [5.74, 6) is 6.62. The minimum atomic E-state index is -4.54. The summed E-state index contributed by atoms with van der Waals surface area (Å²) in [6.07, 6.45) is -2.94. The Bertz CT molecular complexity index is 1220. The fourth-order valence-corrected chi connectivity index (χ4v) is 3.03. The summed E-state index contributed by atoms with van der Waals surface area (Å²) in [7, 11) is 0. The molecular formula is C24H19ClF3N3. The molecule has 0 aliphatic carbocycles. The van der Waals surface area contributed by atoms with Crippen molar-refractivity contribution in [2.45, 2.75) is 20.0 Å². The van der Waals surface area contributed by atoms with Crippen LogP contribution < -0.4 is 11.1 Å². The summed E-state index contributed by atoms with van der Waals surface area (Å²) < 4.78 is 39.3. The van der Waals surface area contributed by atoms with E-state index in [1.165, 1.54) is 12.1 Å². The minimum absolute atomic E-state index is 0.235. The highest BCUT2D eigenvalue weighted by Gasteiger charge is 2.33. The molecule has 0 fully saturated rings. The topological polar surface area (TPSA) is 50.9 Å². The molecule has 7 heteroatoms. The fourth-order valence-electron chi connectivity index (χ4n) is 2.80. The number of nitrogens with two attached hydrogens (primary N) is 1. The van der Waals surface area contributed by atoms with Crippen LogP contribution in [0.5, 0.6) is 0 Å². The molecule has 0 bridgehead atoms. The molecule has 3 aromatic rings. The number of alkyl halides is 3. The molecule has 0 aliphatic heterocycles. The van der Waals surface area contributed by atoms with Crippen molar-refractivity contribution in [3.05, 3.63) is 93.6 Å². The first-order valence-corrected chi connectivity index (χ1v) is 9.60. The lowest BCUT2D eigenvalue weighted by Crippen LogP contribution is -2.07. The van der Waals surface area contributed by atoms with Crippen molar-refractivity contribution in [2.24, 2.45) is 0 Å². The Morgan fingerprint density at radius 2 is 1.81 bits per heavy atom. The molecule has 158 valence electrons. The van der Waals surface area contributed by atoms with Crippen LogP contribution in [0, 0.1) is 25.7 Å². The molecule has 1 heterocycles. The van der Waals surface area contributed by atoms with Crippen LogP contribution in [0.2, 0.25) is 5.02 Å². The zero-order chi connectivity index (χ0) is 22.8.